The maximum Gasteiger partial charge on any atom is 0.316 e. The monoisotopic (exact) mass is 436 g/mol. The first-order chi connectivity index (χ1) is 14.6. The van der Waals surface area contributed by atoms with Gasteiger partial charge in [0.15, 0.2) is 0 Å². The number of nitrogens with zero attached hydrogens (tertiary/aromatic N) is 3. The summed E-state index contributed by atoms with van der Waals surface area (Å²) >= 11 is 3.31. The van der Waals surface area contributed by atoms with E-state index < -0.39 is 0 Å². The van der Waals surface area contributed by atoms with Crippen molar-refractivity contribution < 1.29 is 9.32 Å². The summed E-state index contributed by atoms with van der Waals surface area (Å²) in [6.45, 7) is 2.47. The third-order valence-corrected chi connectivity index (χ3v) is 6.03. The Kier molecular flexibility index (Phi) is 6.25. The smallest absolute Gasteiger partial charge is 0.316 e. The molecule has 0 fully saturated rings. The minimum absolute atomic E-state index is 0.0439. The maximum atomic E-state index is 12.4. The number of aryl methyl sites for hydroxylation is 1. The van der Waals surface area contributed by atoms with Crippen LogP contribution in [0.25, 0.3) is 22.6 Å². The zero-order valence-corrected chi connectivity index (χ0v) is 18.2. The summed E-state index contributed by atoms with van der Waals surface area (Å²) in [6, 6.07) is 16.0. The number of thioether (sulfide) groups is 1. The highest BCUT2D eigenvalue weighted by atomic mass is 32.2. The molecule has 152 valence electrons. The van der Waals surface area contributed by atoms with Crippen LogP contribution < -0.4 is 5.32 Å². The van der Waals surface area contributed by atoms with Crippen LogP contribution in [0.2, 0.25) is 0 Å². The van der Waals surface area contributed by atoms with Gasteiger partial charge >= 0.3 is 11.8 Å². The topological polar surface area (TPSA) is 80.9 Å². The molecule has 0 aliphatic carbocycles. The number of rotatable bonds is 7. The van der Waals surface area contributed by atoms with Crippen molar-refractivity contribution in [3.63, 3.8) is 0 Å². The van der Waals surface area contributed by atoms with E-state index in [-0.39, 0.29) is 11.8 Å². The highest BCUT2D eigenvalue weighted by Crippen LogP contribution is 2.26. The van der Waals surface area contributed by atoms with Crippen LogP contribution in [0.5, 0.6) is 0 Å². The predicted molar refractivity (Wildman–Crippen MR) is 120 cm³/mol. The fraction of sp³-hybridized carbons (Fsp3) is 0.182. The molecular formula is C22H20N4O2S2. The lowest BCUT2D eigenvalue weighted by atomic mass is 10.1. The van der Waals surface area contributed by atoms with E-state index in [1.54, 1.807) is 23.1 Å². The van der Waals surface area contributed by atoms with Crippen molar-refractivity contribution in [1.82, 2.24) is 20.4 Å². The van der Waals surface area contributed by atoms with Crippen molar-refractivity contribution in [2.75, 3.05) is 12.8 Å². The molecule has 4 rings (SSSR count). The first-order valence-corrected chi connectivity index (χ1v) is 11.5. The largest absolute Gasteiger partial charge is 0.347 e. The van der Waals surface area contributed by atoms with Crippen molar-refractivity contribution in [3.8, 4) is 22.6 Å². The zero-order chi connectivity index (χ0) is 20.9. The van der Waals surface area contributed by atoms with Gasteiger partial charge in [-0.3, -0.25) is 4.79 Å². The third kappa shape index (κ3) is 4.77. The molecule has 0 saturated heterocycles. The van der Waals surface area contributed by atoms with Crippen LogP contribution in [-0.2, 0) is 6.42 Å². The molecule has 2 aromatic carbocycles. The molecule has 2 heterocycles. The minimum Gasteiger partial charge on any atom is -0.347 e. The number of benzene rings is 2. The molecule has 4 aromatic rings. The molecule has 1 amide bonds. The molecule has 8 heteroatoms. The summed E-state index contributed by atoms with van der Waals surface area (Å²) in [6.07, 6.45) is 2.78. The van der Waals surface area contributed by atoms with E-state index in [0.29, 0.717) is 12.4 Å². The number of hydrogen-bond donors (Lipinski definition) is 1. The Morgan fingerprint density at radius 1 is 1.13 bits per heavy atom. The van der Waals surface area contributed by atoms with Gasteiger partial charge in [0.2, 0.25) is 5.82 Å². The van der Waals surface area contributed by atoms with E-state index in [9.17, 15) is 4.79 Å². The van der Waals surface area contributed by atoms with E-state index in [2.05, 4.69) is 44.7 Å². The number of aromatic nitrogens is 3. The maximum absolute atomic E-state index is 12.4. The van der Waals surface area contributed by atoms with Crippen molar-refractivity contribution in [2.24, 2.45) is 0 Å². The Morgan fingerprint density at radius 2 is 1.93 bits per heavy atom. The molecule has 1 N–H and O–H groups in total. The lowest BCUT2D eigenvalue weighted by molar-refractivity contribution is 0.0910. The van der Waals surface area contributed by atoms with Gasteiger partial charge in [0.25, 0.3) is 0 Å². The van der Waals surface area contributed by atoms with Crippen LogP contribution in [0.1, 0.15) is 21.3 Å². The quantitative estimate of drug-likeness (QED) is 0.417. The zero-order valence-electron chi connectivity index (χ0n) is 16.6. The number of amides is 1. The Hall–Kier alpha value is -2.97. The minimum atomic E-state index is -0.374. The summed E-state index contributed by atoms with van der Waals surface area (Å²) in [7, 11) is 0. The van der Waals surface area contributed by atoms with Gasteiger partial charge in [0, 0.05) is 27.9 Å². The standard InChI is InChI=1S/C22H20N4O2S2/c1-14-24-19(13-30-14)16-4-3-5-17(12-16)20-25-22(28-26-20)21(27)23-11-10-15-6-8-18(29-2)9-7-15/h3-9,12-13H,10-11H2,1-2H3,(H,23,27). The van der Waals surface area contributed by atoms with Crippen LogP contribution in [0, 0.1) is 6.92 Å². The van der Waals surface area contributed by atoms with Gasteiger partial charge in [-0.1, -0.05) is 35.5 Å². The summed E-state index contributed by atoms with van der Waals surface area (Å²) in [5.74, 6) is -0.0417. The Labute approximate surface area is 182 Å². The number of thiazole rings is 1. The van der Waals surface area contributed by atoms with Gasteiger partial charge in [-0.25, -0.2) is 4.98 Å². The number of carbonyl (C=O) groups is 1. The van der Waals surface area contributed by atoms with Crippen LogP contribution in [0.4, 0.5) is 0 Å². The second-order valence-corrected chi connectivity index (χ2v) is 8.55. The first-order valence-electron chi connectivity index (χ1n) is 9.40. The molecule has 0 atom stereocenters. The number of hydrogen-bond acceptors (Lipinski definition) is 7. The average Bonchev–Trinajstić information content (AvgIpc) is 3.44. The third-order valence-electron chi connectivity index (χ3n) is 4.51. The van der Waals surface area contributed by atoms with E-state index in [1.807, 2.05) is 42.8 Å². The fourth-order valence-corrected chi connectivity index (χ4v) is 3.97. The van der Waals surface area contributed by atoms with Gasteiger partial charge in [-0.2, -0.15) is 4.98 Å². The van der Waals surface area contributed by atoms with Crippen LogP contribution in [0.3, 0.4) is 0 Å². The number of nitrogens with one attached hydrogen (secondary N) is 1. The normalized spacial score (nSPS) is 10.9. The molecule has 30 heavy (non-hydrogen) atoms. The Morgan fingerprint density at radius 3 is 2.67 bits per heavy atom. The summed E-state index contributed by atoms with van der Waals surface area (Å²) < 4.78 is 5.17. The lowest BCUT2D eigenvalue weighted by Crippen LogP contribution is -2.26. The summed E-state index contributed by atoms with van der Waals surface area (Å²) in [4.78, 5) is 22.3. The molecule has 0 aliphatic rings. The molecule has 0 unspecified atom stereocenters. The van der Waals surface area contributed by atoms with E-state index in [1.165, 1.54) is 4.90 Å². The van der Waals surface area contributed by atoms with Crippen molar-refractivity contribution in [3.05, 3.63) is 70.4 Å². The fourth-order valence-electron chi connectivity index (χ4n) is 2.93. The van der Waals surface area contributed by atoms with Crippen molar-refractivity contribution >= 4 is 29.0 Å². The molecule has 0 spiro atoms. The lowest BCUT2D eigenvalue weighted by Gasteiger charge is -2.03. The molecule has 6 nitrogen and oxygen atoms in total. The highest BCUT2D eigenvalue weighted by molar-refractivity contribution is 7.98. The van der Waals surface area contributed by atoms with Crippen molar-refractivity contribution in [2.45, 2.75) is 18.2 Å². The van der Waals surface area contributed by atoms with Gasteiger partial charge in [0.05, 0.1) is 10.7 Å². The first kappa shape index (κ1) is 20.3. The van der Waals surface area contributed by atoms with Crippen LogP contribution >= 0.6 is 23.1 Å². The molecule has 0 saturated carbocycles. The Bertz CT molecular complexity index is 1150. The SMILES string of the molecule is CSc1ccc(CCNC(=O)c2nc(-c3cccc(-c4csc(C)n4)c3)no2)cc1. The molecular weight excluding hydrogens is 416 g/mol. The molecule has 0 bridgehead atoms. The number of carbonyl (C=O) groups excluding carboxylic acids is 1. The second-order valence-electron chi connectivity index (χ2n) is 6.61. The van der Waals surface area contributed by atoms with E-state index in [4.69, 9.17) is 4.52 Å². The predicted octanol–water partition coefficient (Wildman–Crippen LogP) is 4.86. The van der Waals surface area contributed by atoms with Crippen LogP contribution in [-0.4, -0.2) is 33.8 Å². The van der Waals surface area contributed by atoms with Crippen molar-refractivity contribution in [1.29, 1.82) is 0 Å². The van der Waals surface area contributed by atoms with Crippen LogP contribution in [0.15, 0.2) is 63.3 Å². The summed E-state index contributed by atoms with van der Waals surface area (Å²) in [5.41, 5.74) is 3.81. The molecule has 2 aromatic heterocycles. The Balaban J connectivity index is 1.39. The van der Waals surface area contributed by atoms with Gasteiger partial charge in [0.1, 0.15) is 0 Å². The van der Waals surface area contributed by atoms with Gasteiger partial charge in [-0.15, -0.1) is 23.1 Å². The van der Waals surface area contributed by atoms with E-state index >= 15 is 0 Å². The van der Waals surface area contributed by atoms with Gasteiger partial charge in [-0.05, 0) is 43.4 Å². The molecule has 0 aliphatic heterocycles. The second kappa shape index (κ2) is 9.23. The average molecular weight is 437 g/mol. The van der Waals surface area contributed by atoms with Gasteiger partial charge < -0.3 is 9.84 Å². The molecule has 0 radical (unpaired) electrons. The van der Waals surface area contributed by atoms with E-state index in [0.717, 1.165) is 33.8 Å². The summed E-state index contributed by atoms with van der Waals surface area (Å²) in [5, 5.41) is 9.82. The highest BCUT2D eigenvalue weighted by Gasteiger charge is 2.16.